The number of aromatic nitrogens is 1. The third-order valence-electron chi connectivity index (χ3n) is 5.62. The number of halogens is 1. The van der Waals surface area contributed by atoms with E-state index in [1.54, 1.807) is 0 Å². The Kier molecular flexibility index (Phi) is 10.9. The number of alkyl halides is 1. The number of primary amides is 1. The summed E-state index contributed by atoms with van der Waals surface area (Å²) in [6, 6.07) is 2.67. The Hall–Kier alpha value is -5.17. The van der Waals surface area contributed by atoms with Gasteiger partial charge in [0.05, 0.1) is 11.5 Å². The number of nitro benzene ring substituents is 1. The molecule has 0 spiro atoms. The van der Waals surface area contributed by atoms with E-state index in [1.807, 2.05) is 0 Å². The van der Waals surface area contributed by atoms with Crippen LogP contribution in [0.5, 0.6) is 0 Å². The number of nitrogens with two attached hydrogens (primary N) is 1. The lowest BCUT2D eigenvalue weighted by Crippen LogP contribution is -2.74. The number of β-lactam (4-membered cyclic amide) rings is 1. The van der Waals surface area contributed by atoms with Crippen molar-refractivity contribution in [2.75, 3.05) is 17.7 Å². The molecule has 1 aliphatic heterocycles. The number of carbonyl (C=O) groups excluding carboxylic acids is 6. The number of hydrogen-bond acceptors (Lipinski definition) is 13. The van der Waals surface area contributed by atoms with E-state index in [1.165, 1.54) is 43.5 Å². The highest BCUT2D eigenvalue weighted by Gasteiger charge is 2.46. The average molecular weight is 653 g/mol. The summed E-state index contributed by atoms with van der Waals surface area (Å²) in [5.74, 6) is -5.26. The monoisotopic (exact) mass is 652 g/mol. The fraction of sp³-hybridized carbons (Fsp3) is 0.333. The van der Waals surface area contributed by atoms with Gasteiger partial charge < -0.3 is 36.6 Å². The van der Waals surface area contributed by atoms with Gasteiger partial charge in [0.25, 0.3) is 11.6 Å². The maximum atomic E-state index is 13.3. The van der Waals surface area contributed by atoms with Crippen LogP contribution >= 0.6 is 22.9 Å². The fourth-order valence-corrected chi connectivity index (χ4v) is 4.05. The van der Waals surface area contributed by atoms with Gasteiger partial charge in [0, 0.05) is 17.5 Å². The summed E-state index contributed by atoms with van der Waals surface area (Å²) in [6.07, 6.45) is 0. The number of anilines is 1. The molecule has 2 heterocycles. The van der Waals surface area contributed by atoms with Crippen molar-refractivity contribution >= 4 is 75.0 Å². The molecule has 2 atom stereocenters. The number of non-ortho nitro benzene ring substituents is 1. The number of benzene rings is 1. The molecule has 1 aromatic heterocycles. The number of amides is 5. The predicted octanol–water partition coefficient (Wildman–Crippen LogP) is -0.944. The number of ether oxygens (including phenoxy) is 1. The third kappa shape index (κ3) is 8.67. The third-order valence-corrected chi connectivity index (χ3v) is 6.62. The molecule has 6 N–H and O–H groups in total. The van der Waals surface area contributed by atoms with E-state index in [-0.39, 0.29) is 29.0 Å². The molecule has 1 aliphatic rings. The van der Waals surface area contributed by atoms with Crippen LogP contribution in [0.15, 0.2) is 34.8 Å². The van der Waals surface area contributed by atoms with Crippen molar-refractivity contribution in [3.05, 3.63) is 51.0 Å². The largest absolute Gasteiger partial charge is 0.458 e. The lowest BCUT2D eigenvalue weighted by Gasteiger charge is -2.35. The Bertz CT molecular complexity index is 1510. The molecular formula is C24H25ClN8O10S. The van der Waals surface area contributed by atoms with E-state index < -0.39 is 70.4 Å². The first-order chi connectivity index (χ1) is 20.7. The highest BCUT2D eigenvalue weighted by Crippen LogP contribution is 2.20. The minimum atomic E-state index is -1.79. The number of hydrogen-bond donors (Lipinski definition) is 5. The number of esters is 1. The van der Waals surface area contributed by atoms with E-state index in [0.717, 1.165) is 11.3 Å². The van der Waals surface area contributed by atoms with Gasteiger partial charge in [-0.1, -0.05) is 5.16 Å². The number of rotatable bonds is 14. The quantitative estimate of drug-likeness (QED) is 0.0415. The van der Waals surface area contributed by atoms with Crippen LogP contribution in [-0.2, 0) is 44.9 Å². The lowest BCUT2D eigenvalue weighted by molar-refractivity contribution is -0.384. The van der Waals surface area contributed by atoms with Crippen molar-refractivity contribution in [1.82, 2.24) is 20.9 Å². The number of thiazole rings is 1. The first-order valence-corrected chi connectivity index (χ1v) is 13.8. The van der Waals surface area contributed by atoms with E-state index in [9.17, 15) is 38.9 Å². The predicted molar refractivity (Wildman–Crippen MR) is 152 cm³/mol. The molecule has 20 heteroatoms. The van der Waals surface area contributed by atoms with Gasteiger partial charge in [-0.05, 0) is 31.5 Å². The second-order valence-electron chi connectivity index (χ2n) is 9.38. The molecule has 2 aromatic rings. The smallest absolute Gasteiger partial charge is 0.353 e. The van der Waals surface area contributed by atoms with E-state index >= 15 is 0 Å². The number of nitro groups is 1. The molecule has 3 rings (SSSR count). The first kappa shape index (κ1) is 33.3. The lowest BCUT2D eigenvalue weighted by atomic mass is 9.97. The SMILES string of the molecule is CC(C)(ON=C(C(=O)N[C@@H]1C(=O)N[C@@H]1C(=O)NCC(N)=O)c1csc(NC(=O)CCl)n1)C(=O)OCc1ccc([N+](=O)[O-])cc1. The van der Waals surface area contributed by atoms with Crippen LogP contribution in [0.4, 0.5) is 10.8 Å². The normalized spacial score (nSPS) is 16.1. The highest BCUT2D eigenvalue weighted by molar-refractivity contribution is 7.14. The minimum Gasteiger partial charge on any atom is -0.458 e. The van der Waals surface area contributed by atoms with Crippen molar-refractivity contribution in [3.8, 4) is 0 Å². The average Bonchev–Trinajstić information content (AvgIpc) is 3.43. The molecule has 1 saturated heterocycles. The summed E-state index contributed by atoms with van der Waals surface area (Å²) >= 11 is 6.40. The summed E-state index contributed by atoms with van der Waals surface area (Å²) in [6.45, 7) is 1.81. The number of oxime groups is 1. The van der Waals surface area contributed by atoms with Crippen molar-refractivity contribution in [3.63, 3.8) is 0 Å². The van der Waals surface area contributed by atoms with Crippen molar-refractivity contribution < 1.29 is 43.3 Å². The van der Waals surface area contributed by atoms with Crippen molar-refractivity contribution in [1.29, 1.82) is 0 Å². The summed E-state index contributed by atoms with van der Waals surface area (Å²) in [7, 11) is 0. The summed E-state index contributed by atoms with van der Waals surface area (Å²) in [4.78, 5) is 92.8. The molecule has 0 bridgehead atoms. The Morgan fingerprint density at radius 3 is 2.50 bits per heavy atom. The number of carbonyl (C=O) groups is 6. The summed E-state index contributed by atoms with van der Waals surface area (Å²) in [5.41, 5.74) is 2.84. The van der Waals surface area contributed by atoms with Gasteiger partial charge in [-0.15, -0.1) is 22.9 Å². The van der Waals surface area contributed by atoms with Crippen LogP contribution in [0, 0.1) is 10.1 Å². The van der Waals surface area contributed by atoms with Gasteiger partial charge in [0.15, 0.2) is 10.8 Å². The van der Waals surface area contributed by atoms with Gasteiger partial charge >= 0.3 is 5.97 Å². The van der Waals surface area contributed by atoms with Crippen molar-refractivity contribution in [2.45, 2.75) is 38.1 Å². The zero-order chi connectivity index (χ0) is 32.6. The second kappa shape index (κ2) is 14.3. The van der Waals surface area contributed by atoms with Crippen LogP contribution in [0.25, 0.3) is 0 Å². The van der Waals surface area contributed by atoms with Crippen LogP contribution in [-0.4, -0.2) is 81.2 Å². The van der Waals surface area contributed by atoms with Crippen LogP contribution in [0.2, 0.25) is 0 Å². The molecule has 0 aliphatic carbocycles. The molecule has 1 fully saturated rings. The molecule has 0 unspecified atom stereocenters. The number of nitrogens with zero attached hydrogens (tertiary/aromatic N) is 3. The van der Waals surface area contributed by atoms with Crippen LogP contribution < -0.4 is 27.0 Å². The first-order valence-electron chi connectivity index (χ1n) is 12.4. The van der Waals surface area contributed by atoms with Gasteiger partial charge in [0.1, 0.15) is 30.3 Å². The summed E-state index contributed by atoms with van der Waals surface area (Å²) in [5, 5.41) is 25.2. The van der Waals surface area contributed by atoms with E-state index in [4.69, 9.17) is 26.9 Å². The van der Waals surface area contributed by atoms with Gasteiger partial charge in [-0.2, -0.15) is 0 Å². The van der Waals surface area contributed by atoms with E-state index in [2.05, 4.69) is 31.4 Å². The fourth-order valence-electron chi connectivity index (χ4n) is 3.27. The Morgan fingerprint density at radius 1 is 1.23 bits per heavy atom. The van der Waals surface area contributed by atoms with Gasteiger partial charge in [-0.25, -0.2) is 9.78 Å². The molecule has 1 aromatic carbocycles. The van der Waals surface area contributed by atoms with Gasteiger partial charge in [0.2, 0.25) is 29.2 Å². The maximum Gasteiger partial charge on any atom is 0.353 e. The Balaban J connectivity index is 1.78. The molecule has 234 valence electrons. The maximum absolute atomic E-state index is 13.3. The summed E-state index contributed by atoms with van der Waals surface area (Å²) < 4.78 is 5.23. The second-order valence-corrected chi connectivity index (χ2v) is 10.5. The standard InChI is InChI=1S/C24H25ClN8O10S/c1-24(2,22(39)42-9-11-3-5-12(6-4-11)33(40)41)43-32-16(13-10-44-23(28-13)29-15(35)7-25)20(37)31-18-17(30-21(18)38)19(36)27-8-14(26)34/h3-6,10,17-18H,7-9H2,1-2H3,(H2,26,34)(H,27,36)(H,30,38)(H,31,37)(H,28,29,35)/t17-,18-/m0/s1. The molecular weight excluding hydrogens is 628 g/mol. The van der Waals surface area contributed by atoms with Crippen molar-refractivity contribution in [2.24, 2.45) is 10.9 Å². The highest BCUT2D eigenvalue weighted by atomic mass is 35.5. The van der Waals surface area contributed by atoms with Crippen LogP contribution in [0.3, 0.4) is 0 Å². The van der Waals surface area contributed by atoms with Gasteiger partial charge in [-0.3, -0.25) is 34.1 Å². The molecule has 5 amide bonds. The van der Waals surface area contributed by atoms with E-state index in [0.29, 0.717) is 5.56 Å². The Morgan fingerprint density at radius 2 is 1.91 bits per heavy atom. The minimum absolute atomic E-state index is 0.0398. The molecule has 0 radical (unpaired) electrons. The molecule has 18 nitrogen and oxygen atoms in total. The zero-order valence-corrected chi connectivity index (χ0v) is 24.5. The number of nitrogens with one attached hydrogen (secondary N) is 4. The Labute approximate surface area is 256 Å². The zero-order valence-electron chi connectivity index (χ0n) is 23.0. The molecule has 0 saturated carbocycles. The van der Waals surface area contributed by atoms with Crippen LogP contribution in [0.1, 0.15) is 25.1 Å². The topological polar surface area (TPSA) is 263 Å². The molecule has 44 heavy (non-hydrogen) atoms.